The Morgan fingerprint density at radius 1 is 1.12 bits per heavy atom. The summed E-state index contributed by atoms with van der Waals surface area (Å²) < 4.78 is 11.3. The van der Waals surface area contributed by atoms with Crippen LogP contribution in [0.3, 0.4) is 0 Å². The van der Waals surface area contributed by atoms with Crippen molar-refractivity contribution >= 4 is 35.3 Å². The number of hydrogen-bond acceptors (Lipinski definition) is 9. The molecule has 1 aliphatic carbocycles. The Morgan fingerprint density at radius 3 is 2.60 bits per heavy atom. The zero-order valence-corrected chi connectivity index (χ0v) is 24.6. The number of aromatic nitrogens is 2. The topological polar surface area (TPSA) is 152 Å². The molecule has 222 valence electrons. The highest BCUT2D eigenvalue weighted by molar-refractivity contribution is 5.87. The van der Waals surface area contributed by atoms with Crippen molar-refractivity contribution in [2.75, 3.05) is 17.7 Å². The number of ether oxygens (including phenoxy) is 2. The fraction of sp³-hybridized carbons (Fsp3) is 0.406. The predicted molar refractivity (Wildman–Crippen MR) is 164 cm³/mol. The van der Waals surface area contributed by atoms with E-state index in [1.165, 1.54) is 6.21 Å². The molecular weight excluding hydrogens is 532 g/mol. The Bertz CT molecular complexity index is 1410. The Labute approximate surface area is 246 Å². The maximum Gasteiger partial charge on any atom is 0.309 e. The van der Waals surface area contributed by atoms with Crippen LogP contribution in [0.25, 0.3) is 11.4 Å². The minimum Gasteiger partial charge on any atom is -0.484 e. The van der Waals surface area contributed by atoms with Gasteiger partial charge in [0.2, 0.25) is 0 Å². The lowest BCUT2D eigenvalue weighted by atomic mass is 9.79. The fourth-order valence-electron chi connectivity index (χ4n) is 4.99. The maximum absolute atomic E-state index is 12.6. The van der Waals surface area contributed by atoms with E-state index in [-0.39, 0.29) is 36.4 Å². The molecule has 3 aromatic rings. The molecule has 0 saturated heterocycles. The minimum absolute atomic E-state index is 0.0642. The highest BCUT2D eigenvalue weighted by atomic mass is 16.6. The molecule has 10 heteroatoms. The van der Waals surface area contributed by atoms with E-state index in [0.29, 0.717) is 28.6 Å². The molecule has 5 N–H and O–H groups in total. The van der Waals surface area contributed by atoms with E-state index < -0.39 is 5.60 Å². The fourth-order valence-corrected chi connectivity index (χ4v) is 4.99. The van der Waals surface area contributed by atoms with Gasteiger partial charge in [-0.05, 0) is 88.8 Å². The van der Waals surface area contributed by atoms with Crippen molar-refractivity contribution in [3.8, 4) is 17.1 Å². The standard InChI is InChI=1S/C32H40N6O4/c1-20(31(40)42-32(2,3)4)21-8-10-24(11-9-21)37-29(39)19-41-26-7-5-6-22(17-26)30-35-15-14-28(38-30)36-25-12-13-27(34)23(16-25)18-33/h5-7,12-18,20-21,24,33H,8-11,19,34H2,1-4H3,(H,37,39)(H,35,36,38). The van der Waals surface area contributed by atoms with Gasteiger partial charge in [-0.15, -0.1) is 0 Å². The second-order valence-corrected chi connectivity index (χ2v) is 11.7. The molecule has 1 saturated carbocycles. The van der Waals surface area contributed by atoms with Crippen LogP contribution in [0.15, 0.2) is 54.7 Å². The van der Waals surface area contributed by atoms with Gasteiger partial charge in [0.25, 0.3) is 5.91 Å². The first kappa shape index (κ1) is 30.5. The summed E-state index contributed by atoms with van der Waals surface area (Å²) in [4.78, 5) is 34.1. The van der Waals surface area contributed by atoms with Crippen molar-refractivity contribution in [3.63, 3.8) is 0 Å². The molecular formula is C32H40N6O4. The van der Waals surface area contributed by atoms with E-state index >= 15 is 0 Å². The molecule has 2 aromatic carbocycles. The first-order valence-electron chi connectivity index (χ1n) is 14.3. The van der Waals surface area contributed by atoms with Crippen molar-refractivity contribution in [1.82, 2.24) is 15.3 Å². The number of esters is 1. The van der Waals surface area contributed by atoms with Crippen LogP contribution in [0.5, 0.6) is 5.75 Å². The molecule has 1 aliphatic rings. The Kier molecular flexibility index (Phi) is 9.77. The molecule has 1 fully saturated rings. The van der Waals surface area contributed by atoms with Gasteiger partial charge in [-0.25, -0.2) is 9.97 Å². The molecule has 1 heterocycles. The summed E-state index contributed by atoms with van der Waals surface area (Å²) in [5.41, 5.74) is 8.03. The van der Waals surface area contributed by atoms with Crippen molar-refractivity contribution in [1.29, 1.82) is 5.41 Å². The Balaban J connectivity index is 1.28. The Morgan fingerprint density at radius 2 is 1.88 bits per heavy atom. The average molecular weight is 573 g/mol. The number of benzene rings is 2. The molecule has 0 bridgehead atoms. The quantitative estimate of drug-likeness (QED) is 0.141. The lowest BCUT2D eigenvalue weighted by Crippen LogP contribution is -2.41. The molecule has 1 aromatic heterocycles. The average Bonchev–Trinajstić information content (AvgIpc) is 2.96. The summed E-state index contributed by atoms with van der Waals surface area (Å²) in [6, 6.07) is 14.4. The third kappa shape index (κ3) is 8.52. The van der Waals surface area contributed by atoms with Crippen LogP contribution in [-0.2, 0) is 14.3 Å². The summed E-state index contributed by atoms with van der Waals surface area (Å²) in [6.45, 7) is 7.47. The normalized spacial score (nSPS) is 17.5. The van der Waals surface area contributed by atoms with Crippen molar-refractivity contribution < 1.29 is 19.1 Å². The summed E-state index contributed by atoms with van der Waals surface area (Å²) >= 11 is 0. The van der Waals surface area contributed by atoms with Gasteiger partial charge < -0.3 is 31.3 Å². The lowest BCUT2D eigenvalue weighted by Gasteiger charge is -2.33. The van der Waals surface area contributed by atoms with Gasteiger partial charge in [-0.2, -0.15) is 0 Å². The number of nitrogens with zero attached hydrogens (tertiary/aromatic N) is 2. The molecule has 1 amide bonds. The van der Waals surface area contributed by atoms with Gasteiger partial charge in [-0.3, -0.25) is 9.59 Å². The predicted octanol–water partition coefficient (Wildman–Crippen LogP) is 5.50. The monoisotopic (exact) mass is 572 g/mol. The number of anilines is 3. The molecule has 4 rings (SSSR count). The molecule has 0 aliphatic heterocycles. The third-order valence-electron chi connectivity index (χ3n) is 7.26. The van der Waals surface area contributed by atoms with E-state index in [1.807, 2.05) is 45.9 Å². The molecule has 1 unspecified atom stereocenters. The number of nitrogens with two attached hydrogens (primary N) is 1. The van der Waals surface area contributed by atoms with E-state index in [2.05, 4.69) is 20.6 Å². The highest BCUT2D eigenvalue weighted by Crippen LogP contribution is 2.32. The second kappa shape index (κ2) is 13.5. The number of nitrogen functional groups attached to an aromatic ring is 1. The smallest absolute Gasteiger partial charge is 0.309 e. The van der Waals surface area contributed by atoms with Crippen molar-refractivity contribution in [2.45, 2.75) is 65.0 Å². The summed E-state index contributed by atoms with van der Waals surface area (Å²) in [6.07, 6.45) is 6.23. The van der Waals surface area contributed by atoms with Gasteiger partial charge >= 0.3 is 5.97 Å². The number of amides is 1. The van der Waals surface area contributed by atoms with Gasteiger partial charge in [0, 0.05) is 41.0 Å². The number of nitrogens with one attached hydrogen (secondary N) is 3. The molecule has 42 heavy (non-hydrogen) atoms. The Hall–Kier alpha value is -4.47. The number of rotatable bonds is 10. The lowest BCUT2D eigenvalue weighted by molar-refractivity contribution is -0.161. The zero-order valence-electron chi connectivity index (χ0n) is 24.6. The van der Waals surface area contributed by atoms with Crippen LogP contribution in [0, 0.1) is 17.2 Å². The second-order valence-electron chi connectivity index (χ2n) is 11.7. The van der Waals surface area contributed by atoms with Crippen LogP contribution in [0.4, 0.5) is 17.2 Å². The van der Waals surface area contributed by atoms with E-state index in [9.17, 15) is 9.59 Å². The van der Waals surface area contributed by atoms with E-state index in [0.717, 1.165) is 36.9 Å². The van der Waals surface area contributed by atoms with Gasteiger partial charge in [0.05, 0.1) is 5.92 Å². The molecule has 0 spiro atoms. The van der Waals surface area contributed by atoms with Crippen molar-refractivity contribution in [2.24, 2.45) is 11.8 Å². The summed E-state index contributed by atoms with van der Waals surface area (Å²) in [5.74, 6) is 1.38. The maximum atomic E-state index is 12.6. The van der Waals surface area contributed by atoms with E-state index in [4.69, 9.17) is 20.6 Å². The number of hydrogen-bond donors (Lipinski definition) is 4. The summed E-state index contributed by atoms with van der Waals surface area (Å²) in [5, 5.41) is 13.8. The number of carbonyl (C=O) groups excluding carboxylic acids is 2. The molecule has 10 nitrogen and oxygen atoms in total. The van der Waals surface area contributed by atoms with Gasteiger partial charge in [0.15, 0.2) is 12.4 Å². The molecule has 0 radical (unpaired) electrons. The van der Waals surface area contributed by atoms with Crippen LogP contribution < -0.4 is 21.1 Å². The molecule has 1 atom stereocenters. The van der Waals surface area contributed by atoms with Gasteiger partial charge in [0.1, 0.15) is 17.2 Å². The first-order valence-corrected chi connectivity index (χ1v) is 14.3. The highest BCUT2D eigenvalue weighted by Gasteiger charge is 2.32. The summed E-state index contributed by atoms with van der Waals surface area (Å²) in [7, 11) is 0. The number of carbonyl (C=O) groups is 2. The van der Waals surface area contributed by atoms with Crippen LogP contribution in [0.1, 0.15) is 58.9 Å². The van der Waals surface area contributed by atoms with Crippen LogP contribution in [0.2, 0.25) is 0 Å². The van der Waals surface area contributed by atoms with Crippen LogP contribution in [-0.4, -0.2) is 46.3 Å². The van der Waals surface area contributed by atoms with Crippen LogP contribution >= 0.6 is 0 Å². The largest absolute Gasteiger partial charge is 0.484 e. The van der Waals surface area contributed by atoms with Crippen molar-refractivity contribution in [3.05, 3.63) is 60.3 Å². The third-order valence-corrected chi connectivity index (χ3v) is 7.26. The zero-order chi connectivity index (χ0) is 30.3. The minimum atomic E-state index is -0.491. The van der Waals surface area contributed by atoms with E-state index in [1.54, 1.807) is 36.5 Å². The van der Waals surface area contributed by atoms with Gasteiger partial charge in [-0.1, -0.05) is 19.1 Å². The first-order chi connectivity index (χ1) is 20.0. The SMILES string of the molecule is CC(C(=O)OC(C)(C)C)C1CCC(NC(=O)COc2cccc(-c3nccc(Nc4ccc(N)c(C=N)c4)n3)c2)CC1.